The zero-order valence-corrected chi connectivity index (χ0v) is 14.7. The van der Waals surface area contributed by atoms with Crippen LogP contribution in [-0.4, -0.2) is 51.0 Å². The van der Waals surface area contributed by atoms with Crippen LogP contribution in [0.1, 0.15) is 31.6 Å². The summed E-state index contributed by atoms with van der Waals surface area (Å²) in [4.78, 5) is 13.7. The van der Waals surface area contributed by atoms with Crippen molar-refractivity contribution < 1.29 is 22.7 Å². The van der Waals surface area contributed by atoms with Crippen LogP contribution < -0.4 is 4.74 Å². The molecule has 6 nitrogen and oxygen atoms in total. The minimum Gasteiger partial charge on any atom is -0.497 e. The molecule has 2 rings (SSSR count). The summed E-state index contributed by atoms with van der Waals surface area (Å²) in [7, 11) is -1.79. The number of carbonyl (C=O) groups excluding carboxylic acids is 1. The molecule has 0 bridgehead atoms. The van der Waals surface area contributed by atoms with Gasteiger partial charge in [-0.1, -0.05) is 12.1 Å². The highest BCUT2D eigenvalue weighted by Gasteiger charge is 2.37. The Bertz CT molecular complexity index is 678. The van der Waals surface area contributed by atoms with E-state index in [0.717, 1.165) is 0 Å². The van der Waals surface area contributed by atoms with Crippen molar-refractivity contribution in [1.82, 2.24) is 4.90 Å². The summed E-state index contributed by atoms with van der Waals surface area (Å²) in [6, 6.07) is 6.94. The van der Waals surface area contributed by atoms with Crippen molar-refractivity contribution in [2.24, 2.45) is 0 Å². The maximum Gasteiger partial charge on any atom is 0.410 e. The second-order valence-corrected chi connectivity index (χ2v) is 8.86. The molecule has 1 aliphatic heterocycles. The Morgan fingerprint density at radius 3 is 2.61 bits per heavy atom. The van der Waals surface area contributed by atoms with Gasteiger partial charge in [0.2, 0.25) is 0 Å². The van der Waals surface area contributed by atoms with Crippen LogP contribution in [0.25, 0.3) is 0 Å². The lowest BCUT2D eigenvalue weighted by Gasteiger charge is -2.34. The van der Waals surface area contributed by atoms with Gasteiger partial charge in [0.05, 0.1) is 12.9 Å². The SMILES string of the molecule is COc1cccc(C2CN(C(=O)OC(C)(C)C)CCS2(=O)=O)c1. The summed E-state index contributed by atoms with van der Waals surface area (Å²) < 4.78 is 35.3. The van der Waals surface area contributed by atoms with Crippen molar-refractivity contribution in [1.29, 1.82) is 0 Å². The summed E-state index contributed by atoms with van der Waals surface area (Å²) in [5, 5.41) is -0.765. The highest BCUT2D eigenvalue weighted by Crippen LogP contribution is 2.30. The fraction of sp³-hybridized carbons (Fsp3) is 0.562. The van der Waals surface area contributed by atoms with E-state index in [4.69, 9.17) is 9.47 Å². The zero-order valence-electron chi connectivity index (χ0n) is 13.9. The molecule has 1 aliphatic rings. The maximum atomic E-state index is 12.4. The molecular formula is C16H23NO5S. The minimum atomic E-state index is -3.32. The first kappa shape index (κ1) is 17.6. The van der Waals surface area contributed by atoms with E-state index in [1.165, 1.54) is 12.0 Å². The van der Waals surface area contributed by atoms with Gasteiger partial charge in [0, 0.05) is 13.1 Å². The zero-order chi connectivity index (χ0) is 17.3. The Labute approximate surface area is 137 Å². The molecule has 1 amide bonds. The van der Waals surface area contributed by atoms with E-state index in [-0.39, 0.29) is 18.8 Å². The van der Waals surface area contributed by atoms with E-state index in [9.17, 15) is 13.2 Å². The molecule has 1 aromatic rings. The first-order chi connectivity index (χ1) is 10.6. The van der Waals surface area contributed by atoms with E-state index < -0.39 is 26.8 Å². The number of sulfone groups is 1. The standard InChI is InChI=1S/C16H23NO5S/c1-16(2,3)22-15(18)17-8-9-23(19,20)14(11-17)12-6-5-7-13(10-12)21-4/h5-7,10,14H,8-9,11H2,1-4H3. The molecular weight excluding hydrogens is 318 g/mol. The van der Waals surface area contributed by atoms with Gasteiger partial charge in [-0.05, 0) is 38.5 Å². The number of rotatable bonds is 2. The van der Waals surface area contributed by atoms with Gasteiger partial charge in [0.1, 0.15) is 16.6 Å². The second-order valence-electron chi connectivity index (χ2n) is 6.56. The molecule has 23 heavy (non-hydrogen) atoms. The molecule has 1 fully saturated rings. The predicted molar refractivity (Wildman–Crippen MR) is 87.3 cm³/mol. The molecule has 0 N–H and O–H groups in total. The van der Waals surface area contributed by atoms with Crippen molar-refractivity contribution in [2.75, 3.05) is 26.0 Å². The Morgan fingerprint density at radius 2 is 2.00 bits per heavy atom. The van der Waals surface area contributed by atoms with Gasteiger partial charge in [-0.25, -0.2) is 13.2 Å². The average Bonchev–Trinajstić information content (AvgIpc) is 2.45. The van der Waals surface area contributed by atoms with Crippen LogP contribution in [0, 0.1) is 0 Å². The molecule has 1 heterocycles. The lowest BCUT2D eigenvalue weighted by atomic mass is 10.1. The monoisotopic (exact) mass is 341 g/mol. The number of nitrogens with zero attached hydrogens (tertiary/aromatic N) is 1. The molecule has 0 aliphatic carbocycles. The molecule has 7 heteroatoms. The molecule has 0 aromatic heterocycles. The van der Waals surface area contributed by atoms with Crippen molar-refractivity contribution >= 4 is 15.9 Å². The number of benzene rings is 1. The fourth-order valence-electron chi connectivity index (χ4n) is 2.43. The van der Waals surface area contributed by atoms with E-state index in [1.807, 2.05) is 0 Å². The van der Waals surface area contributed by atoms with Gasteiger partial charge in [0.25, 0.3) is 0 Å². The molecule has 1 aromatic carbocycles. The third kappa shape index (κ3) is 4.37. The number of hydrogen-bond donors (Lipinski definition) is 0. The number of hydrogen-bond acceptors (Lipinski definition) is 5. The Morgan fingerprint density at radius 1 is 1.30 bits per heavy atom. The van der Waals surface area contributed by atoms with Crippen molar-refractivity contribution in [2.45, 2.75) is 31.6 Å². The van der Waals surface area contributed by atoms with Crippen LogP contribution in [0.15, 0.2) is 24.3 Å². The number of methoxy groups -OCH3 is 1. The normalized spacial score (nSPS) is 20.9. The van der Waals surface area contributed by atoms with Crippen LogP contribution in [-0.2, 0) is 14.6 Å². The summed E-state index contributed by atoms with van der Waals surface area (Å²) in [5.41, 5.74) is 0.0106. The Hall–Kier alpha value is -1.76. The lowest BCUT2D eigenvalue weighted by Crippen LogP contribution is -2.47. The summed E-state index contributed by atoms with van der Waals surface area (Å²) in [6.45, 7) is 5.59. The fourth-order valence-corrected chi connectivity index (χ4v) is 4.16. The molecule has 1 saturated heterocycles. The predicted octanol–water partition coefficient (Wildman–Crippen LogP) is 2.40. The van der Waals surface area contributed by atoms with Crippen LogP contribution in [0.2, 0.25) is 0 Å². The average molecular weight is 341 g/mol. The van der Waals surface area contributed by atoms with E-state index >= 15 is 0 Å². The van der Waals surface area contributed by atoms with Crippen molar-refractivity contribution in [3.05, 3.63) is 29.8 Å². The first-order valence-corrected chi connectivity index (χ1v) is 9.17. The summed E-state index contributed by atoms with van der Waals surface area (Å²) in [5.74, 6) is 0.515. The Kier molecular flexibility index (Phi) is 4.89. The minimum absolute atomic E-state index is 0.0753. The van der Waals surface area contributed by atoms with Gasteiger partial charge >= 0.3 is 6.09 Å². The molecule has 0 saturated carbocycles. The van der Waals surface area contributed by atoms with E-state index in [0.29, 0.717) is 11.3 Å². The quantitative estimate of drug-likeness (QED) is 0.826. The van der Waals surface area contributed by atoms with Crippen molar-refractivity contribution in [3.8, 4) is 5.75 Å². The molecule has 1 unspecified atom stereocenters. The first-order valence-electron chi connectivity index (χ1n) is 7.46. The molecule has 1 atom stereocenters. The largest absolute Gasteiger partial charge is 0.497 e. The van der Waals surface area contributed by atoms with E-state index in [1.54, 1.807) is 45.0 Å². The van der Waals surface area contributed by atoms with Crippen molar-refractivity contribution in [3.63, 3.8) is 0 Å². The lowest BCUT2D eigenvalue weighted by molar-refractivity contribution is 0.0253. The third-order valence-electron chi connectivity index (χ3n) is 3.58. The second kappa shape index (κ2) is 6.39. The molecule has 0 spiro atoms. The van der Waals surface area contributed by atoms with Gasteiger partial charge in [-0.2, -0.15) is 0 Å². The van der Waals surface area contributed by atoms with Gasteiger partial charge in [-0.3, -0.25) is 0 Å². The van der Waals surface area contributed by atoms with Crippen LogP contribution in [0.4, 0.5) is 4.79 Å². The number of ether oxygens (including phenoxy) is 2. The third-order valence-corrected chi connectivity index (χ3v) is 5.62. The maximum absolute atomic E-state index is 12.4. The summed E-state index contributed by atoms with van der Waals surface area (Å²) in [6.07, 6.45) is -0.486. The molecule has 128 valence electrons. The Balaban J connectivity index is 2.24. The van der Waals surface area contributed by atoms with Gasteiger partial charge in [0.15, 0.2) is 9.84 Å². The van der Waals surface area contributed by atoms with Gasteiger partial charge in [-0.15, -0.1) is 0 Å². The molecule has 0 radical (unpaired) electrons. The van der Waals surface area contributed by atoms with E-state index in [2.05, 4.69) is 0 Å². The summed E-state index contributed by atoms with van der Waals surface area (Å²) >= 11 is 0. The topological polar surface area (TPSA) is 72.9 Å². The van der Waals surface area contributed by atoms with Crippen LogP contribution >= 0.6 is 0 Å². The smallest absolute Gasteiger partial charge is 0.410 e. The van der Waals surface area contributed by atoms with Crippen LogP contribution in [0.3, 0.4) is 0 Å². The van der Waals surface area contributed by atoms with Crippen LogP contribution in [0.5, 0.6) is 5.75 Å². The van der Waals surface area contributed by atoms with Gasteiger partial charge < -0.3 is 14.4 Å². The number of carbonyl (C=O) groups is 1. The highest BCUT2D eigenvalue weighted by atomic mass is 32.2. The highest BCUT2D eigenvalue weighted by molar-refractivity contribution is 7.91. The number of amides is 1.